The van der Waals surface area contributed by atoms with E-state index in [2.05, 4.69) is 15.9 Å². The Kier molecular flexibility index (Phi) is 4.80. The highest BCUT2D eigenvalue weighted by Crippen LogP contribution is 2.39. The summed E-state index contributed by atoms with van der Waals surface area (Å²) < 4.78 is 0.921. The van der Waals surface area contributed by atoms with Gasteiger partial charge in [0.1, 0.15) is 0 Å². The minimum atomic E-state index is -0.411. The Labute approximate surface area is 168 Å². The first kappa shape index (κ1) is 17.9. The van der Waals surface area contributed by atoms with Crippen LogP contribution in [0.25, 0.3) is 0 Å². The summed E-state index contributed by atoms with van der Waals surface area (Å²) in [7, 11) is 0. The Hall–Kier alpha value is -2.51. The maximum absolute atomic E-state index is 13.2. The second-order valence-corrected chi connectivity index (χ2v) is 8.22. The van der Waals surface area contributed by atoms with E-state index < -0.39 is 4.92 Å². The van der Waals surface area contributed by atoms with Crippen LogP contribution in [0.5, 0.6) is 0 Å². The van der Waals surface area contributed by atoms with Gasteiger partial charge in [-0.25, -0.2) is 0 Å². The molecule has 7 heteroatoms. The fourth-order valence-electron chi connectivity index (χ4n) is 3.43. The highest BCUT2D eigenvalue weighted by molar-refractivity contribution is 9.10. The Morgan fingerprint density at radius 2 is 1.81 bits per heavy atom. The zero-order chi connectivity index (χ0) is 19.0. The van der Waals surface area contributed by atoms with Crippen molar-refractivity contribution in [2.45, 2.75) is 12.5 Å². The van der Waals surface area contributed by atoms with Gasteiger partial charge >= 0.3 is 0 Å². The largest absolute Gasteiger partial charge is 0.327 e. The van der Waals surface area contributed by atoms with Gasteiger partial charge in [0, 0.05) is 33.6 Å². The number of fused-ring (bicyclic) bond motifs is 1. The van der Waals surface area contributed by atoms with E-state index in [-0.39, 0.29) is 17.6 Å². The zero-order valence-electron chi connectivity index (χ0n) is 14.2. The summed E-state index contributed by atoms with van der Waals surface area (Å²) >= 11 is 5.09. The molecule has 0 N–H and O–H groups in total. The number of non-ortho nitro benzene ring substituents is 1. The number of amides is 1. The summed E-state index contributed by atoms with van der Waals surface area (Å²) in [4.78, 5) is 26.9. The first-order valence-corrected chi connectivity index (χ1v) is 10.1. The molecule has 1 aliphatic rings. The molecular weight excluding hydrogens is 428 g/mol. The first-order valence-electron chi connectivity index (χ1n) is 8.42. The molecule has 0 radical (unpaired) electrons. The van der Waals surface area contributed by atoms with Gasteiger partial charge in [-0.15, -0.1) is 11.3 Å². The Morgan fingerprint density at radius 1 is 1.11 bits per heavy atom. The molecule has 27 heavy (non-hydrogen) atoms. The fraction of sp³-hybridized carbons (Fsp3) is 0.150. The lowest BCUT2D eigenvalue weighted by molar-refractivity contribution is -0.384. The summed E-state index contributed by atoms with van der Waals surface area (Å²) in [6.45, 7) is 0.615. The number of hydrogen-bond acceptors (Lipinski definition) is 4. The number of nitro groups is 1. The molecule has 1 amide bonds. The molecule has 1 atom stereocenters. The quantitative estimate of drug-likeness (QED) is 0.413. The van der Waals surface area contributed by atoms with Crippen molar-refractivity contribution in [3.8, 4) is 0 Å². The van der Waals surface area contributed by atoms with Gasteiger partial charge in [-0.2, -0.15) is 0 Å². The van der Waals surface area contributed by atoms with Crippen molar-refractivity contribution in [1.82, 2.24) is 4.90 Å². The van der Waals surface area contributed by atoms with Crippen LogP contribution in [-0.2, 0) is 6.42 Å². The predicted molar refractivity (Wildman–Crippen MR) is 108 cm³/mol. The maximum atomic E-state index is 13.2. The van der Waals surface area contributed by atoms with Gasteiger partial charge in [-0.3, -0.25) is 14.9 Å². The van der Waals surface area contributed by atoms with Gasteiger partial charge in [0.2, 0.25) is 0 Å². The molecule has 2 heterocycles. The molecule has 0 bridgehead atoms. The third kappa shape index (κ3) is 3.40. The topological polar surface area (TPSA) is 63.5 Å². The molecule has 3 aromatic rings. The number of thiophene rings is 1. The first-order chi connectivity index (χ1) is 13.0. The Morgan fingerprint density at radius 3 is 2.48 bits per heavy atom. The number of halogens is 1. The van der Waals surface area contributed by atoms with Gasteiger partial charge in [0.25, 0.3) is 11.6 Å². The number of nitro benzene ring substituents is 1. The van der Waals surface area contributed by atoms with Gasteiger partial charge in [-0.1, -0.05) is 15.9 Å². The van der Waals surface area contributed by atoms with Gasteiger partial charge in [0.05, 0.1) is 11.0 Å². The van der Waals surface area contributed by atoms with E-state index in [9.17, 15) is 14.9 Å². The van der Waals surface area contributed by atoms with Crippen LogP contribution in [0.1, 0.15) is 32.4 Å². The van der Waals surface area contributed by atoms with E-state index in [4.69, 9.17) is 0 Å². The number of hydrogen-bond donors (Lipinski definition) is 0. The summed E-state index contributed by atoms with van der Waals surface area (Å²) in [5.74, 6) is -0.0392. The maximum Gasteiger partial charge on any atom is 0.269 e. The molecule has 2 aromatic carbocycles. The fourth-order valence-corrected chi connectivity index (χ4v) is 4.60. The van der Waals surface area contributed by atoms with E-state index >= 15 is 0 Å². The average molecular weight is 443 g/mol. The van der Waals surface area contributed by atoms with E-state index in [1.54, 1.807) is 23.5 Å². The summed E-state index contributed by atoms with van der Waals surface area (Å²) in [5.41, 5.74) is 2.66. The average Bonchev–Trinajstić information content (AvgIpc) is 3.16. The monoisotopic (exact) mass is 442 g/mol. The molecule has 0 fully saturated rings. The van der Waals surface area contributed by atoms with Crippen molar-refractivity contribution in [2.24, 2.45) is 0 Å². The molecule has 136 valence electrons. The number of nitrogens with zero attached hydrogens (tertiary/aromatic N) is 2. The number of rotatable bonds is 3. The van der Waals surface area contributed by atoms with Crippen LogP contribution in [0.15, 0.2) is 64.5 Å². The minimum absolute atomic E-state index is 0.0392. The zero-order valence-corrected chi connectivity index (χ0v) is 16.6. The van der Waals surface area contributed by atoms with Crippen LogP contribution in [-0.4, -0.2) is 22.3 Å². The lowest BCUT2D eigenvalue weighted by atomic mass is 9.92. The molecule has 1 aliphatic heterocycles. The number of benzene rings is 2. The van der Waals surface area contributed by atoms with Crippen molar-refractivity contribution in [2.75, 3.05) is 6.54 Å². The molecule has 0 aliphatic carbocycles. The highest BCUT2D eigenvalue weighted by atomic mass is 79.9. The predicted octanol–water partition coefficient (Wildman–Crippen LogP) is 5.21. The SMILES string of the molecule is O=C(c1ccc(Br)cc1)N1CCc2sccc2C1c1ccc([N+](=O)[O-])cc1. The van der Waals surface area contributed by atoms with Crippen molar-refractivity contribution in [3.63, 3.8) is 0 Å². The van der Waals surface area contributed by atoms with Crippen molar-refractivity contribution < 1.29 is 9.72 Å². The summed E-state index contributed by atoms with van der Waals surface area (Å²) in [6.07, 6.45) is 0.818. The van der Waals surface area contributed by atoms with Crippen LogP contribution >= 0.6 is 27.3 Å². The van der Waals surface area contributed by atoms with Gasteiger partial charge in [0.15, 0.2) is 0 Å². The van der Waals surface area contributed by atoms with E-state index in [1.807, 2.05) is 40.6 Å². The smallest absolute Gasteiger partial charge is 0.269 e. The third-order valence-electron chi connectivity index (χ3n) is 4.74. The van der Waals surface area contributed by atoms with Crippen LogP contribution in [0.4, 0.5) is 5.69 Å². The molecular formula is C20H15BrN2O3S. The van der Waals surface area contributed by atoms with E-state index in [1.165, 1.54) is 17.0 Å². The van der Waals surface area contributed by atoms with Crippen molar-refractivity contribution in [1.29, 1.82) is 0 Å². The van der Waals surface area contributed by atoms with Gasteiger partial charge < -0.3 is 4.90 Å². The molecule has 5 nitrogen and oxygen atoms in total. The number of carbonyl (C=O) groups is 1. The lowest BCUT2D eigenvalue weighted by Crippen LogP contribution is -2.40. The minimum Gasteiger partial charge on any atom is -0.327 e. The van der Waals surface area contributed by atoms with E-state index in [0.717, 1.165) is 22.0 Å². The van der Waals surface area contributed by atoms with Crippen LogP contribution < -0.4 is 0 Å². The van der Waals surface area contributed by atoms with Crippen molar-refractivity contribution in [3.05, 3.63) is 96.1 Å². The van der Waals surface area contributed by atoms with Crippen LogP contribution in [0.3, 0.4) is 0 Å². The van der Waals surface area contributed by atoms with Crippen molar-refractivity contribution >= 4 is 38.9 Å². The molecule has 1 unspecified atom stereocenters. The van der Waals surface area contributed by atoms with Gasteiger partial charge in [-0.05, 0) is 65.4 Å². The highest BCUT2D eigenvalue weighted by Gasteiger charge is 2.33. The normalized spacial score (nSPS) is 16.0. The number of carbonyl (C=O) groups excluding carboxylic acids is 1. The molecule has 1 aromatic heterocycles. The second kappa shape index (κ2) is 7.25. The van der Waals surface area contributed by atoms with Crippen LogP contribution in [0.2, 0.25) is 0 Å². The summed E-state index contributed by atoms with van der Waals surface area (Å²) in [5, 5.41) is 13.0. The molecule has 0 spiro atoms. The molecule has 0 saturated carbocycles. The lowest BCUT2D eigenvalue weighted by Gasteiger charge is -2.36. The Balaban J connectivity index is 1.75. The van der Waals surface area contributed by atoms with Crippen LogP contribution in [0, 0.1) is 10.1 Å². The molecule has 4 rings (SSSR count). The molecule has 0 saturated heterocycles. The standard InChI is InChI=1S/C20H15BrN2O3S/c21-15-5-1-14(2-6-15)20(24)22-11-9-18-17(10-12-27-18)19(22)13-3-7-16(8-4-13)23(25)26/h1-8,10,12,19H,9,11H2. The third-order valence-corrected chi connectivity index (χ3v) is 6.26. The summed E-state index contributed by atoms with van der Waals surface area (Å²) in [6, 6.07) is 15.6. The van der Waals surface area contributed by atoms with E-state index in [0.29, 0.717) is 12.1 Å². The Bertz CT molecular complexity index is 999. The second-order valence-electron chi connectivity index (χ2n) is 6.31.